The number of halogens is 2. The van der Waals surface area contributed by atoms with Gasteiger partial charge >= 0.3 is 0 Å². The maximum atomic E-state index is 6.06. The van der Waals surface area contributed by atoms with E-state index in [1.165, 1.54) is 0 Å². The molecule has 2 aromatic rings. The summed E-state index contributed by atoms with van der Waals surface area (Å²) in [6.45, 7) is 0. The van der Waals surface area contributed by atoms with E-state index in [4.69, 9.17) is 23.2 Å². The molecule has 1 heterocycles. The summed E-state index contributed by atoms with van der Waals surface area (Å²) in [5.74, 6) is 0.647. The number of pyridine rings is 1. The van der Waals surface area contributed by atoms with E-state index in [0.29, 0.717) is 5.88 Å². The van der Waals surface area contributed by atoms with Gasteiger partial charge in [0.2, 0.25) is 0 Å². The molecule has 0 saturated heterocycles. The van der Waals surface area contributed by atoms with Gasteiger partial charge in [-0.2, -0.15) is 0 Å². The Morgan fingerprint density at radius 3 is 2.94 bits per heavy atom. The SMILES string of the molecule is ClCCC=Cc1ccc2c(Cl)ccnc2c1. The van der Waals surface area contributed by atoms with Crippen molar-refractivity contribution in [1.82, 2.24) is 4.98 Å². The van der Waals surface area contributed by atoms with Crippen LogP contribution in [-0.2, 0) is 0 Å². The summed E-state index contributed by atoms with van der Waals surface area (Å²) in [6, 6.07) is 7.84. The van der Waals surface area contributed by atoms with E-state index in [1.807, 2.05) is 24.3 Å². The molecule has 0 aliphatic heterocycles. The Labute approximate surface area is 105 Å². The number of hydrogen-bond donors (Lipinski definition) is 0. The van der Waals surface area contributed by atoms with Gasteiger partial charge in [-0.1, -0.05) is 35.9 Å². The summed E-state index contributed by atoms with van der Waals surface area (Å²) in [5, 5.41) is 1.72. The molecule has 2 rings (SSSR count). The van der Waals surface area contributed by atoms with Crippen LogP contribution >= 0.6 is 23.2 Å². The molecule has 16 heavy (non-hydrogen) atoms. The molecule has 0 N–H and O–H groups in total. The van der Waals surface area contributed by atoms with Crippen molar-refractivity contribution in [3.8, 4) is 0 Å². The fourth-order valence-corrected chi connectivity index (χ4v) is 1.86. The average Bonchev–Trinajstić information content (AvgIpc) is 2.30. The lowest BCUT2D eigenvalue weighted by Crippen LogP contribution is -1.81. The molecule has 0 atom stereocenters. The topological polar surface area (TPSA) is 12.9 Å². The molecule has 3 heteroatoms. The lowest BCUT2D eigenvalue weighted by Gasteiger charge is -2.00. The van der Waals surface area contributed by atoms with Crippen molar-refractivity contribution in [3.63, 3.8) is 0 Å². The molecule has 0 unspecified atom stereocenters. The second-order valence-corrected chi connectivity index (χ2v) is 4.23. The van der Waals surface area contributed by atoms with Crippen molar-refractivity contribution in [2.75, 3.05) is 5.88 Å². The number of nitrogens with zero attached hydrogens (tertiary/aromatic N) is 1. The van der Waals surface area contributed by atoms with Gasteiger partial charge in [0, 0.05) is 17.5 Å². The van der Waals surface area contributed by atoms with Crippen LogP contribution in [0.5, 0.6) is 0 Å². The minimum absolute atomic E-state index is 0.647. The molecule has 0 bridgehead atoms. The zero-order valence-electron chi connectivity index (χ0n) is 8.66. The summed E-state index contributed by atoms with van der Waals surface area (Å²) in [6.07, 6.45) is 6.70. The molecule has 0 fully saturated rings. The third-order valence-electron chi connectivity index (χ3n) is 2.30. The number of aromatic nitrogens is 1. The lowest BCUT2D eigenvalue weighted by molar-refractivity contribution is 1.24. The number of benzene rings is 1. The fraction of sp³-hybridized carbons (Fsp3) is 0.154. The van der Waals surface area contributed by atoms with Gasteiger partial charge in [-0.15, -0.1) is 11.6 Å². The van der Waals surface area contributed by atoms with Gasteiger partial charge in [0.25, 0.3) is 0 Å². The first-order valence-electron chi connectivity index (χ1n) is 5.08. The predicted molar refractivity (Wildman–Crippen MR) is 71.1 cm³/mol. The highest BCUT2D eigenvalue weighted by atomic mass is 35.5. The Kier molecular flexibility index (Phi) is 3.81. The highest BCUT2D eigenvalue weighted by Crippen LogP contribution is 2.22. The summed E-state index contributed by atoms with van der Waals surface area (Å²) in [5.41, 5.74) is 2.04. The van der Waals surface area contributed by atoms with Crippen LogP contribution in [0.4, 0.5) is 0 Å². The molecule has 82 valence electrons. The summed E-state index contributed by atoms with van der Waals surface area (Å²) in [7, 11) is 0. The maximum Gasteiger partial charge on any atom is 0.0722 e. The first-order valence-corrected chi connectivity index (χ1v) is 5.99. The molecule has 0 spiro atoms. The molecule has 0 aliphatic carbocycles. The molecule has 0 saturated carbocycles. The van der Waals surface area contributed by atoms with Crippen molar-refractivity contribution in [3.05, 3.63) is 47.1 Å². The molecule has 1 aromatic carbocycles. The van der Waals surface area contributed by atoms with Crippen molar-refractivity contribution in [1.29, 1.82) is 0 Å². The Bertz CT molecular complexity index is 520. The number of fused-ring (bicyclic) bond motifs is 1. The van der Waals surface area contributed by atoms with E-state index in [-0.39, 0.29) is 0 Å². The third-order valence-corrected chi connectivity index (χ3v) is 2.85. The van der Waals surface area contributed by atoms with Crippen molar-refractivity contribution in [2.24, 2.45) is 0 Å². The second kappa shape index (κ2) is 5.33. The Hall–Kier alpha value is -1.05. The van der Waals surface area contributed by atoms with Crippen LogP contribution in [0.15, 0.2) is 36.5 Å². The van der Waals surface area contributed by atoms with Crippen molar-refractivity contribution in [2.45, 2.75) is 6.42 Å². The van der Waals surface area contributed by atoms with E-state index in [1.54, 1.807) is 12.3 Å². The molecular formula is C13H11Cl2N. The smallest absolute Gasteiger partial charge is 0.0722 e. The van der Waals surface area contributed by atoms with E-state index in [0.717, 1.165) is 27.9 Å². The standard InChI is InChI=1S/C13H11Cl2N/c14-7-2-1-3-10-4-5-11-12(15)6-8-16-13(11)9-10/h1,3-6,8-9H,2,7H2. The van der Waals surface area contributed by atoms with Crippen molar-refractivity contribution >= 4 is 40.2 Å². The quantitative estimate of drug-likeness (QED) is 0.731. The first-order chi connectivity index (χ1) is 7.81. The van der Waals surface area contributed by atoms with E-state index in [9.17, 15) is 0 Å². The summed E-state index contributed by atoms with van der Waals surface area (Å²) >= 11 is 11.7. The Balaban J connectivity index is 2.37. The van der Waals surface area contributed by atoms with Crippen molar-refractivity contribution < 1.29 is 0 Å². The fourth-order valence-electron chi connectivity index (χ4n) is 1.52. The largest absolute Gasteiger partial charge is 0.256 e. The third kappa shape index (κ3) is 2.55. The number of hydrogen-bond acceptors (Lipinski definition) is 1. The van der Waals surface area contributed by atoms with Gasteiger partial charge in [-0.05, 0) is 24.1 Å². The van der Waals surface area contributed by atoms with E-state index < -0.39 is 0 Å². The second-order valence-electron chi connectivity index (χ2n) is 3.45. The van der Waals surface area contributed by atoms with Gasteiger partial charge in [0.05, 0.1) is 10.5 Å². The van der Waals surface area contributed by atoms with Crippen LogP contribution < -0.4 is 0 Å². The highest BCUT2D eigenvalue weighted by Gasteiger charge is 1.99. The average molecular weight is 252 g/mol. The first kappa shape index (κ1) is 11.4. The maximum absolute atomic E-state index is 6.06. The monoisotopic (exact) mass is 251 g/mol. The van der Waals surface area contributed by atoms with E-state index >= 15 is 0 Å². The van der Waals surface area contributed by atoms with Crippen LogP contribution in [-0.4, -0.2) is 10.9 Å². The molecule has 0 aliphatic rings. The van der Waals surface area contributed by atoms with Crippen LogP contribution in [0.3, 0.4) is 0 Å². The number of rotatable bonds is 3. The van der Waals surface area contributed by atoms with Crippen LogP contribution in [0.1, 0.15) is 12.0 Å². The Morgan fingerprint density at radius 2 is 2.12 bits per heavy atom. The lowest BCUT2D eigenvalue weighted by atomic mass is 10.1. The summed E-state index contributed by atoms with van der Waals surface area (Å²) < 4.78 is 0. The van der Waals surface area contributed by atoms with Gasteiger partial charge in [-0.25, -0.2) is 0 Å². The van der Waals surface area contributed by atoms with E-state index in [2.05, 4.69) is 11.1 Å². The van der Waals surface area contributed by atoms with Gasteiger partial charge in [0.1, 0.15) is 0 Å². The van der Waals surface area contributed by atoms with Crippen LogP contribution in [0.2, 0.25) is 5.02 Å². The predicted octanol–water partition coefficient (Wildman–Crippen LogP) is 4.53. The molecule has 1 nitrogen and oxygen atoms in total. The van der Waals surface area contributed by atoms with Gasteiger partial charge in [-0.3, -0.25) is 4.98 Å². The molecule has 1 aromatic heterocycles. The molecule has 0 radical (unpaired) electrons. The van der Waals surface area contributed by atoms with Gasteiger partial charge in [0.15, 0.2) is 0 Å². The summed E-state index contributed by atoms with van der Waals surface area (Å²) in [4.78, 5) is 4.29. The zero-order chi connectivity index (χ0) is 11.4. The number of allylic oxidation sites excluding steroid dienone is 1. The van der Waals surface area contributed by atoms with Gasteiger partial charge < -0.3 is 0 Å². The zero-order valence-corrected chi connectivity index (χ0v) is 10.2. The highest BCUT2D eigenvalue weighted by molar-refractivity contribution is 6.35. The molecule has 0 amide bonds. The van der Waals surface area contributed by atoms with Crippen LogP contribution in [0.25, 0.3) is 17.0 Å². The minimum atomic E-state index is 0.647. The van der Waals surface area contributed by atoms with Crippen LogP contribution in [0, 0.1) is 0 Å². The number of alkyl halides is 1. The Morgan fingerprint density at radius 1 is 1.25 bits per heavy atom. The normalized spacial score (nSPS) is 11.4. The molecular weight excluding hydrogens is 241 g/mol. The minimum Gasteiger partial charge on any atom is -0.256 e.